The highest BCUT2D eigenvalue weighted by Crippen LogP contribution is 2.36. The van der Waals surface area contributed by atoms with Crippen molar-refractivity contribution in [1.29, 1.82) is 0 Å². The predicted molar refractivity (Wildman–Crippen MR) is 82.8 cm³/mol. The van der Waals surface area contributed by atoms with Gasteiger partial charge in [0.25, 0.3) is 0 Å². The molecule has 0 radical (unpaired) electrons. The molecule has 0 heterocycles. The summed E-state index contributed by atoms with van der Waals surface area (Å²) in [5, 5.41) is 20.0. The Morgan fingerprint density at radius 3 is 1.90 bits per heavy atom. The number of nitrogens with zero attached hydrogens (tertiary/aromatic N) is 1. The molecule has 0 fully saturated rings. The van der Waals surface area contributed by atoms with E-state index >= 15 is 0 Å². The molecule has 1 aromatic rings. The predicted octanol–water partition coefficient (Wildman–Crippen LogP) is 4.04. The Morgan fingerprint density at radius 2 is 1.60 bits per heavy atom. The lowest BCUT2D eigenvalue weighted by molar-refractivity contribution is -0.0440. The lowest BCUT2D eigenvalue weighted by Crippen LogP contribution is -2.53. The molecule has 0 bridgehead atoms. The molecule has 0 saturated carbocycles. The number of aliphatic hydroxyl groups is 1. The Morgan fingerprint density at radius 1 is 1.15 bits per heavy atom. The van der Waals surface area contributed by atoms with Gasteiger partial charge in [-0.15, -0.1) is 0 Å². The topological polar surface area (TPSA) is 60.8 Å². The van der Waals surface area contributed by atoms with Crippen LogP contribution in [0.5, 0.6) is 0 Å². The van der Waals surface area contributed by atoms with Gasteiger partial charge in [-0.1, -0.05) is 28.1 Å². The molecule has 0 aromatic heterocycles. The lowest BCUT2D eigenvalue weighted by atomic mass is 9.87. The van der Waals surface area contributed by atoms with Gasteiger partial charge in [-0.2, -0.15) is 0 Å². The van der Waals surface area contributed by atoms with Crippen molar-refractivity contribution in [2.75, 3.05) is 0 Å². The number of benzene rings is 1. The van der Waals surface area contributed by atoms with Crippen molar-refractivity contribution in [1.82, 2.24) is 4.90 Å². The third-order valence-corrected chi connectivity index (χ3v) is 3.57. The van der Waals surface area contributed by atoms with E-state index in [0.29, 0.717) is 0 Å². The van der Waals surface area contributed by atoms with Gasteiger partial charge in [-0.05, 0) is 52.3 Å². The molecular formula is C15H22BrNO3. The van der Waals surface area contributed by atoms with Crippen LogP contribution in [0.1, 0.15) is 46.2 Å². The average molecular weight is 344 g/mol. The van der Waals surface area contributed by atoms with E-state index < -0.39 is 23.3 Å². The quantitative estimate of drug-likeness (QED) is 0.870. The van der Waals surface area contributed by atoms with Crippen molar-refractivity contribution in [3.8, 4) is 0 Å². The second-order valence-electron chi connectivity index (χ2n) is 6.43. The Balaban J connectivity index is 3.39. The maximum atomic E-state index is 11.7. The van der Waals surface area contributed by atoms with Gasteiger partial charge in [0.15, 0.2) is 0 Å². The maximum absolute atomic E-state index is 11.7. The van der Waals surface area contributed by atoms with Crippen LogP contribution in [0.25, 0.3) is 0 Å². The van der Waals surface area contributed by atoms with Crippen LogP contribution < -0.4 is 0 Å². The Kier molecular flexibility index (Phi) is 4.87. The molecule has 0 aliphatic rings. The minimum atomic E-state index is -1.19. The molecule has 1 rings (SSSR count). The molecule has 1 atom stereocenters. The number of amides is 1. The summed E-state index contributed by atoms with van der Waals surface area (Å²) in [5.41, 5.74) is -1.05. The van der Waals surface area contributed by atoms with Crippen molar-refractivity contribution in [3.05, 3.63) is 34.3 Å². The summed E-state index contributed by atoms with van der Waals surface area (Å²) in [6.45, 7) is 8.71. The van der Waals surface area contributed by atoms with Gasteiger partial charge in [-0.3, -0.25) is 4.90 Å². The summed E-state index contributed by atoms with van der Waals surface area (Å²) in [6.07, 6.45) is -1.05. The normalized spacial score (nSPS) is 13.9. The number of hydrogen-bond acceptors (Lipinski definition) is 2. The van der Waals surface area contributed by atoms with Crippen molar-refractivity contribution < 1.29 is 15.0 Å². The van der Waals surface area contributed by atoms with Gasteiger partial charge in [0.2, 0.25) is 0 Å². The third kappa shape index (κ3) is 3.96. The zero-order valence-corrected chi connectivity index (χ0v) is 14.1. The molecule has 1 amide bonds. The lowest BCUT2D eigenvalue weighted by Gasteiger charge is -2.44. The fourth-order valence-electron chi connectivity index (χ4n) is 2.30. The number of rotatable bonds is 3. The van der Waals surface area contributed by atoms with Gasteiger partial charge in [0.1, 0.15) is 0 Å². The van der Waals surface area contributed by atoms with Crippen LogP contribution in [-0.4, -0.2) is 32.3 Å². The number of halogens is 1. The van der Waals surface area contributed by atoms with Crippen LogP contribution in [0.2, 0.25) is 0 Å². The van der Waals surface area contributed by atoms with Crippen molar-refractivity contribution in [3.63, 3.8) is 0 Å². The minimum Gasteiger partial charge on any atom is -0.465 e. The molecule has 0 aliphatic heterocycles. The van der Waals surface area contributed by atoms with E-state index in [1.165, 1.54) is 4.90 Å². The van der Waals surface area contributed by atoms with E-state index in [1.54, 1.807) is 13.8 Å². The smallest absolute Gasteiger partial charge is 0.408 e. The molecule has 4 nitrogen and oxygen atoms in total. The molecule has 112 valence electrons. The van der Waals surface area contributed by atoms with Gasteiger partial charge in [-0.25, -0.2) is 4.79 Å². The van der Waals surface area contributed by atoms with Crippen molar-refractivity contribution in [2.24, 2.45) is 0 Å². The first-order chi connectivity index (χ1) is 8.94. The molecule has 20 heavy (non-hydrogen) atoms. The molecule has 0 aliphatic carbocycles. The summed E-state index contributed by atoms with van der Waals surface area (Å²) < 4.78 is 0.911. The highest BCUT2D eigenvalue weighted by Gasteiger charge is 2.41. The Labute approximate surface area is 128 Å². The van der Waals surface area contributed by atoms with Gasteiger partial charge < -0.3 is 10.2 Å². The first-order valence-corrected chi connectivity index (χ1v) is 7.24. The summed E-state index contributed by atoms with van der Waals surface area (Å²) in [6, 6.07) is 6.70. The second-order valence-corrected chi connectivity index (χ2v) is 7.35. The molecular weight excluding hydrogens is 322 g/mol. The highest BCUT2D eigenvalue weighted by molar-refractivity contribution is 9.10. The fourth-order valence-corrected chi connectivity index (χ4v) is 2.57. The molecule has 0 saturated heterocycles. The van der Waals surface area contributed by atoms with E-state index in [4.69, 9.17) is 0 Å². The van der Waals surface area contributed by atoms with Crippen LogP contribution in [0, 0.1) is 0 Å². The van der Waals surface area contributed by atoms with Crippen LogP contribution >= 0.6 is 15.9 Å². The zero-order valence-electron chi connectivity index (χ0n) is 12.5. The highest BCUT2D eigenvalue weighted by atomic mass is 79.9. The molecule has 2 N–H and O–H groups in total. The summed E-state index contributed by atoms with van der Waals surface area (Å²) in [4.78, 5) is 13.0. The molecule has 1 aromatic carbocycles. The summed E-state index contributed by atoms with van der Waals surface area (Å²) in [7, 11) is 0. The van der Waals surface area contributed by atoms with Crippen molar-refractivity contribution in [2.45, 2.75) is 51.8 Å². The molecule has 1 unspecified atom stereocenters. The van der Waals surface area contributed by atoms with Crippen molar-refractivity contribution >= 4 is 22.0 Å². The standard InChI is InChI=1S/C15H22BrNO3/c1-14(2,3)17(13(18)19)12(15(4,5)20)10-6-8-11(16)9-7-10/h6-9,12,20H,1-5H3,(H,18,19). The minimum absolute atomic E-state index is 0.621. The van der Waals surface area contributed by atoms with E-state index in [9.17, 15) is 15.0 Å². The average Bonchev–Trinajstić information content (AvgIpc) is 2.23. The van der Waals surface area contributed by atoms with Gasteiger partial charge in [0, 0.05) is 10.0 Å². The first kappa shape index (κ1) is 17.0. The zero-order chi connectivity index (χ0) is 15.7. The summed E-state index contributed by atoms with van der Waals surface area (Å²) >= 11 is 3.36. The SMILES string of the molecule is CC(C)(O)C(c1ccc(Br)cc1)N(C(=O)O)C(C)(C)C. The maximum Gasteiger partial charge on any atom is 0.408 e. The van der Waals surface area contributed by atoms with Crippen LogP contribution in [0.4, 0.5) is 4.79 Å². The summed E-state index contributed by atoms with van der Waals surface area (Å²) in [5.74, 6) is 0. The van der Waals surface area contributed by atoms with E-state index in [1.807, 2.05) is 45.0 Å². The molecule has 0 spiro atoms. The number of hydrogen-bond donors (Lipinski definition) is 2. The number of carbonyl (C=O) groups is 1. The monoisotopic (exact) mass is 343 g/mol. The van der Waals surface area contributed by atoms with E-state index in [0.717, 1.165) is 10.0 Å². The largest absolute Gasteiger partial charge is 0.465 e. The third-order valence-electron chi connectivity index (χ3n) is 3.04. The van der Waals surface area contributed by atoms with Crippen LogP contribution in [0.15, 0.2) is 28.7 Å². The van der Waals surface area contributed by atoms with E-state index in [2.05, 4.69) is 15.9 Å². The van der Waals surface area contributed by atoms with Crippen LogP contribution in [-0.2, 0) is 0 Å². The molecule has 5 heteroatoms. The van der Waals surface area contributed by atoms with E-state index in [-0.39, 0.29) is 0 Å². The number of carboxylic acid groups (broad SMARTS) is 1. The first-order valence-electron chi connectivity index (χ1n) is 6.44. The van der Waals surface area contributed by atoms with Gasteiger partial charge >= 0.3 is 6.09 Å². The Bertz CT molecular complexity index is 471. The second kappa shape index (κ2) is 5.74. The van der Waals surface area contributed by atoms with Crippen LogP contribution in [0.3, 0.4) is 0 Å². The fraction of sp³-hybridized carbons (Fsp3) is 0.533. The van der Waals surface area contributed by atoms with Gasteiger partial charge in [0.05, 0.1) is 11.6 Å². The Hall–Kier alpha value is -1.07.